The van der Waals surface area contributed by atoms with Crippen LogP contribution in [-0.2, 0) is 0 Å². The zero-order valence-electron chi connectivity index (χ0n) is 16.0. The minimum absolute atomic E-state index is 0.403. The second-order valence-electron chi connectivity index (χ2n) is 6.65. The van der Waals surface area contributed by atoms with E-state index in [1.54, 1.807) is 17.7 Å². The number of anilines is 2. The molecule has 0 spiro atoms. The van der Waals surface area contributed by atoms with E-state index < -0.39 is 5.63 Å². The van der Waals surface area contributed by atoms with Crippen LogP contribution < -0.4 is 16.0 Å². The number of aromatic nitrogens is 1. The zero-order valence-corrected chi connectivity index (χ0v) is 20.0. The molecular weight excluding hydrogens is 532 g/mol. The van der Waals surface area contributed by atoms with Crippen LogP contribution in [-0.4, -0.2) is 25.3 Å². The minimum Gasteiger partial charge on any atom is -0.421 e. The molecule has 2 heterocycles. The fraction of sp³-hybridized carbons (Fsp3) is 0.0952. The number of benzene rings is 2. The fourth-order valence-corrected chi connectivity index (χ4v) is 4.80. The third-order valence-corrected chi connectivity index (χ3v) is 6.11. The molecule has 4 aromatic rings. The third-order valence-electron chi connectivity index (χ3n) is 4.32. The topological polar surface area (TPSA) is 70.7 Å². The molecule has 0 atom stereocenters. The van der Waals surface area contributed by atoms with Crippen molar-refractivity contribution in [1.29, 1.82) is 0 Å². The lowest BCUT2D eigenvalue weighted by molar-refractivity contribution is 0.561. The minimum atomic E-state index is -0.438. The van der Waals surface area contributed by atoms with Gasteiger partial charge in [0.1, 0.15) is 0 Å². The van der Waals surface area contributed by atoms with Crippen molar-refractivity contribution in [1.82, 2.24) is 4.98 Å². The van der Waals surface area contributed by atoms with Gasteiger partial charge < -0.3 is 9.32 Å². The van der Waals surface area contributed by atoms with E-state index in [1.807, 2.05) is 55.4 Å². The van der Waals surface area contributed by atoms with Crippen LogP contribution in [0.5, 0.6) is 0 Å². The third kappa shape index (κ3) is 4.48. The van der Waals surface area contributed by atoms with E-state index >= 15 is 0 Å². The molecule has 0 aliphatic carbocycles. The maximum Gasteiger partial charge on any atom is 0.345 e. The van der Waals surface area contributed by atoms with E-state index in [0.29, 0.717) is 26.4 Å². The van der Waals surface area contributed by atoms with Gasteiger partial charge in [-0.25, -0.2) is 9.78 Å². The van der Waals surface area contributed by atoms with Crippen LogP contribution in [0.25, 0.3) is 22.2 Å². The van der Waals surface area contributed by atoms with Crippen LogP contribution in [0, 0.1) is 0 Å². The van der Waals surface area contributed by atoms with Gasteiger partial charge in [-0.15, -0.1) is 11.3 Å². The van der Waals surface area contributed by atoms with Crippen LogP contribution in [0.15, 0.2) is 71.1 Å². The fourth-order valence-electron chi connectivity index (χ4n) is 2.81. The monoisotopic (exact) mass is 546 g/mol. The molecule has 6 nitrogen and oxygen atoms in total. The van der Waals surface area contributed by atoms with Gasteiger partial charge in [-0.2, -0.15) is 5.10 Å². The number of thiazole rings is 1. The molecule has 9 heteroatoms. The Bertz CT molecular complexity index is 1300. The number of hydrogen-bond donors (Lipinski definition) is 1. The molecule has 30 heavy (non-hydrogen) atoms. The molecule has 1 N–H and O–H groups in total. The van der Waals surface area contributed by atoms with Crippen molar-refractivity contribution in [3.63, 3.8) is 0 Å². The lowest BCUT2D eigenvalue weighted by Gasteiger charge is -2.11. The van der Waals surface area contributed by atoms with E-state index in [2.05, 4.69) is 47.4 Å². The van der Waals surface area contributed by atoms with Gasteiger partial charge in [-0.3, -0.25) is 5.43 Å². The van der Waals surface area contributed by atoms with Crippen LogP contribution in [0.3, 0.4) is 0 Å². The van der Waals surface area contributed by atoms with Gasteiger partial charge >= 0.3 is 5.63 Å². The summed E-state index contributed by atoms with van der Waals surface area (Å²) in [4.78, 5) is 19.0. The van der Waals surface area contributed by atoms with E-state index in [1.165, 1.54) is 11.3 Å². The van der Waals surface area contributed by atoms with Crippen molar-refractivity contribution < 1.29 is 4.42 Å². The van der Waals surface area contributed by atoms with Crippen LogP contribution in [0.1, 0.15) is 5.56 Å². The summed E-state index contributed by atoms with van der Waals surface area (Å²) >= 11 is 8.24. The first kappa shape index (κ1) is 20.8. The number of halogens is 2. The molecule has 2 aromatic carbocycles. The number of nitrogens with one attached hydrogen (secondary N) is 1. The van der Waals surface area contributed by atoms with Crippen LogP contribution in [0.4, 0.5) is 10.8 Å². The van der Waals surface area contributed by atoms with Crippen LogP contribution in [0.2, 0.25) is 0 Å². The largest absolute Gasteiger partial charge is 0.421 e. The average Bonchev–Trinajstić information content (AvgIpc) is 3.17. The Labute approximate surface area is 193 Å². The predicted molar refractivity (Wildman–Crippen MR) is 131 cm³/mol. The summed E-state index contributed by atoms with van der Waals surface area (Å²) in [5.41, 5.74) is 6.02. The highest BCUT2D eigenvalue weighted by atomic mass is 79.9. The summed E-state index contributed by atoms with van der Waals surface area (Å²) < 4.78 is 7.09. The van der Waals surface area contributed by atoms with Gasteiger partial charge in [-0.05, 0) is 51.8 Å². The quantitative estimate of drug-likeness (QED) is 0.190. The molecule has 0 unspecified atom stereocenters. The molecule has 0 aliphatic heterocycles. The summed E-state index contributed by atoms with van der Waals surface area (Å²) in [6.07, 6.45) is 1.72. The molecule has 0 radical (unpaired) electrons. The Kier molecular flexibility index (Phi) is 6.03. The van der Waals surface area contributed by atoms with Gasteiger partial charge in [-0.1, -0.05) is 28.1 Å². The SMILES string of the molecule is CN(C)c1ccc(/C=N\Nc2nc(-c3cc4cc(Br)cc(Br)c4oc3=O)cs2)cc1. The number of hydrogen-bond acceptors (Lipinski definition) is 7. The summed E-state index contributed by atoms with van der Waals surface area (Å²) in [7, 11) is 4.00. The molecule has 4 rings (SSSR count). The molecule has 2 aromatic heterocycles. The average molecular weight is 548 g/mol. The van der Waals surface area contributed by atoms with Crippen molar-refractivity contribution in [2.24, 2.45) is 5.10 Å². The van der Waals surface area contributed by atoms with E-state index in [-0.39, 0.29) is 0 Å². The first-order chi connectivity index (χ1) is 14.4. The Morgan fingerprint density at radius 1 is 1.17 bits per heavy atom. The van der Waals surface area contributed by atoms with E-state index in [0.717, 1.165) is 21.1 Å². The highest BCUT2D eigenvalue weighted by Crippen LogP contribution is 2.31. The standard InChI is InChI=1S/C21H16Br2N4O2S/c1-27(2)15-5-3-12(4-6-15)10-24-26-21-25-18(11-30-21)16-8-13-7-14(22)9-17(23)19(13)29-20(16)28/h3-11H,1-2H3,(H,25,26)/b24-10-. The molecule has 0 bridgehead atoms. The van der Waals surface area contributed by atoms with Crippen molar-refractivity contribution in [2.75, 3.05) is 24.4 Å². The second kappa shape index (κ2) is 8.71. The van der Waals surface area contributed by atoms with Crippen molar-refractivity contribution in [3.8, 4) is 11.3 Å². The Hall–Kier alpha value is -2.49. The number of hydrazone groups is 1. The maximum absolute atomic E-state index is 12.5. The first-order valence-electron chi connectivity index (χ1n) is 8.86. The van der Waals surface area contributed by atoms with Gasteiger partial charge in [0.05, 0.1) is 21.9 Å². The summed E-state index contributed by atoms with van der Waals surface area (Å²) in [5, 5.41) is 7.42. The maximum atomic E-state index is 12.5. The normalized spacial score (nSPS) is 11.3. The van der Waals surface area contributed by atoms with E-state index in [4.69, 9.17) is 4.42 Å². The molecule has 152 valence electrons. The molecule has 0 saturated heterocycles. The molecule has 0 saturated carbocycles. The lowest BCUT2D eigenvalue weighted by atomic mass is 10.1. The van der Waals surface area contributed by atoms with Gasteiger partial charge in [0.15, 0.2) is 5.58 Å². The van der Waals surface area contributed by atoms with Gasteiger partial charge in [0, 0.05) is 35.0 Å². The van der Waals surface area contributed by atoms with E-state index in [9.17, 15) is 4.79 Å². The smallest absolute Gasteiger partial charge is 0.345 e. The molecular formula is C21H16Br2N4O2S. The van der Waals surface area contributed by atoms with Crippen molar-refractivity contribution in [3.05, 3.63) is 72.8 Å². The zero-order chi connectivity index (χ0) is 21.3. The second-order valence-corrected chi connectivity index (χ2v) is 9.28. The van der Waals surface area contributed by atoms with Crippen molar-refractivity contribution >= 4 is 71.2 Å². The Balaban J connectivity index is 1.54. The summed E-state index contributed by atoms with van der Waals surface area (Å²) in [5.74, 6) is 0. The van der Waals surface area contributed by atoms with Gasteiger partial charge in [0.25, 0.3) is 0 Å². The molecule has 0 fully saturated rings. The Morgan fingerprint density at radius 2 is 1.93 bits per heavy atom. The predicted octanol–water partition coefficient (Wildman–Crippen LogP) is 5.95. The van der Waals surface area contributed by atoms with Gasteiger partial charge in [0.2, 0.25) is 5.13 Å². The highest BCUT2D eigenvalue weighted by molar-refractivity contribution is 9.11. The first-order valence-corrected chi connectivity index (χ1v) is 11.3. The lowest BCUT2D eigenvalue weighted by Crippen LogP contribution is -2.08. The summed E-state index contributed by atoms with van der Waals surface area (Å²) in [6, 6.07) is 13.5. The highest BCUT2D eigenvalue weighted by Gasteiger charge is 2.13. The number of rotatable bonds is 5. The summed E-state index contributed by atoms with van der Waals surface area (Å²) in [6.45, 7) is 0. The number of fused-ring (bicyclic) bond motifs is 1. The molecule has 0 aliphatic rings. The van der Waals surface area contributed by atoms with Crippen LogP contribution >= 0.6 is 43.2 Å². The Morgan fingerprint density at radius 3 is 2.67 bits per heavy atom. The van der Waals surface area contributed by atoms with Crippen molar-refractivity contribution in [2.45, 2.75) is 0 Å². The molecule has 0 amide bonds. The number of nitrogens with zero attached hydrogens (tertiary/aromatic N) is 3.